The molecule has 1 aromatic heterocycles. The molecular weight excluding hydrogens is 330 g/mol. The van der Waals surface area contributed by atoms with Gasteiger partial charge in [-0.15, -0.1) is 0 Å². The second-order valence-corrected chi connectivity index (χ2v) is 7.67. The number of rotatable bonds is 6. The van der Waals surface area contributed by atoms with Crippen LogP contribution in [0.25, 0.3) is 0 Å². The summed E-state index contributed by atoms with van der Waals surface area (Å²) in [5, 5.41) is 0. The summed E-state index contributed by atoms with van der Waals surface area (Å²) in [6.45, 7) is 2.29. The van der Waals surface area contributed by atoms with Gasteiger partial charge < -0.3 is 4.74 Å². The van der Waals surface area contributed by atoms with Crippen LogP contribution < -0.4 is 4.74 Å². The number of benzene rings is 1. The Morgan fingerprint density at radius 3 is 2.37 bits per heavy atom. The third kappa shape index (κ3) is 5.86. The van der Waals surface area contributed by atoms with Crippen molar-refractivity contribution in [2.75, 3.05) is 7.11 Å². The number of aromatic nitrogens is 1. The summed E-state index contributed by atoms with van der Waals surface area (Å²) in [7, 11) is 1.64. The fourth-order valence-electron chi connectivity index (χ4n) is 4.02. The molecule has 0 amide bonds. The number of methoxy groups -OCH3 is 1. The van der Waals surface area contributed by atoms with Gasteiger partial charge in [0.15, 0.2) is 0 Å². The van der Waals surface area contributed by atoms with Crippen LogP contribution in [0.5, 0.6) is 5.75 Å². The molecule has 0 spiro atoms. The highest BCUT2D eigenvalue weighted by Gasteiger charge is 2.21. The molecule has 3 rings (SSSR count). The minimum Gasteiger partial charge on any atom is -0.495 e. The van der Waals surface area contributed by atoms with E-state index >= 15 is 0 Å². The van der Waals surface area contributed by atoms with Crippen molar-refractivity contribution in [1.29, 1.82) is 0 Å². The predicted octanol–water partition coefficient (Wildman–Crippen LogP) is 6.34. The Hall–Kier alpha value is -2.27. The van der Waals surface area contributed by atoms with Gasteiger partial charge in [0.25, 0.3) is 0 Å². The van der Waals surface area contributed by atoms with Gasteiger partial charge in [-0.05, 0) is 73.3 Å². The fourth-order valence-corrected chi connectivity index (χ4v) is 4.02. The normalized spacial score (nSPS) is 19.2. The van der Waals surface area contributed by atoms with Gasteiger partial charge in [-0.3, -0.25) is 0 Å². The summed E-state index contributed by atoms with van der Waals surface area (Å²) in [6, 6.07) is 12.6. The maximum absolute atomic E-state index is 5.12. The van der Waals surface area contributed by atoms with Gasteiger partial charge in [-0.2, -0.15) is 0 Å². The van der Waals surface area contributed by atoms with Gasteiger partial charge in [-0.1, -0.05) is 50.7 Å². The molecule has 0 saturated heterocycles. The molecule has 1 fully saturated rings. The van der Waals surface area contributed by atoms with Crippen LogP contribution in [0.15, 0.2) is 42.6 Å². The monoisotopic (exact) mass is 361 g/mol. The topological polar surface area (TPSA) is 22.1 Å². The zero-order valence-electron chi connectivity index (χ0n) is 16.7. The maximum atomic E-state index is 5.12. The molecule has 2 aromatic rings. The molecule has 1 aliphatic rings. The molecule has 2 nitrogen and oxygen atoms in total. The summed E-state index contributed by atoms with van der Waals surface area (Å²) in [5.74, 6) is 8.79. The lowest BCUT2D eigenvalue weighted by molar-refractivity contribution is 0.303. The number of ether oxygens (including phenoxy) is 1. The molecule has 0 atom stereocenters. The maximum Gasteiger partial charge on any atom is 0.137 e. The van der Waals surface area contributed by atoms with Crippen LogP contribution in [-0.4, -0.2) is 12.1 Å². The van der Waals surface area contributed by atoms with Crippen LogP contribution in [0, 0.1) is 17.8 Å². The molecule has 1 saturated carbocycles. The number of unbranched alkanes of at least 4 members (excludes halogenated alkanes) is 2. The Bertz CT molecular complexity index is 744. The summed E-state index contributed by atoms with van der Waals surface area (Å²) in [6.07, 6.45) is 12.8. The zero-order chi connectivity index (χ0) is 18.9. The molecule has 0 N–H and O–H groups in total. The van der Waals surface area contributed by atoms with E-state index in [9.17, 15) is 0 Å². The Balaban J connectivity index is 1.53. The van der Waals surface area contributed by atoms with E-state index in [1.54, 1.807) is 13.3 Å². The Labute approximate surface area is 164 Å². The fraction of sp³-hybridized carbons (Fsp3) is 0.480. The quantitative estimate of drug-likeness (QED) is 0.442. The molecule has 0 aliphatic heterocycles. The summed E-state index contributed by atoms with van der Waals surface area (Å²) < 4.78 is 5.12. The second-order valence-electron chi connectivity index (χ2n) is 7.67. The van der Waals surface area contributed by atoms with E-state index < -0.39 is 0 Å². The molecule has 2 heteroatoms. The van der Waals surface area contributed by atoms with E-state index in [4.69, 9.17) is 4.74 Å². The first-order valence-electron chi connectivity index (χ1n) is 10.4. The SMILES string of the molecule is CCCCCC1CCC(c2ccc(C#Cc3ccc(OC)cn3)cc2)CC1. The minimum absolute atomic E-state index is 0.734. The summed E-state index contributed by atoms with van der Waals surface area (Å²) >= 11 is 0. The highest BCUT2D eigenvalue weighted by molar-refractivity contribution is 5.42. The van der Waals surface area contributed by atoms with E-state index in [2.05, 4.69) is 48.0 Å². The van der Waals surface area contributed by atoms with Gasteiger partial charge in [0, 0.05) is 5.56 Å². The van der Waals surface area contributed by atoms with Gasteiger partial charge in [0.2, 0.25) is 0 Å². The third-order valence-electron chi connectivity index (χ3n) is 5.75. The molecule has 142 valence electrons. The number of pyridine rings is 1. The zero-order valence-corrected chi connectivity index (χ0v) is 16.7. The summed E-state index contributed by atoms with van der Waals surface area (Å²) in [5.41, 5.74) is 3.29. The smallest absolute Gasteiger partial charge is 0.137 e. The van der Waals surface area contributed by atoms with Crippen molar-refractivity contribution in [3.8, 4) is 17.6 Å². The number of hydrogen-bond donors (Lipinski definition) is 0. The van der Waals surface area contributed by atoms with Crippen molar-refractivity contribution < 1.29 is 4.74 Å². The molecule has 0 bridgehead atoms. The lowest BCUT2D eigenvalue weighted by Gasteiger charge is -2.29. The van der Waals surface area contributed by atoms with Crippen molar-refractivity contribution >= 4 is 0 Å². The van der Waals surface area contributed by atoms with Crippen molar-refractivity contribution in [2.24, 2.45) is 5.92 Å². The van der Waals surface area contributed by atoms with Crippen molar-refractivity contribution in [1.82, 2.24) is 4.98 Å². The Kier molecular flexibility index (Phi) is 7.34. The minimum atomic E-state index is 0.734. The van der Waals surface area contributed by atoms with Crippen molar-refractivity contribution in [3.63, 3.8) is 0 Å². The Morgan fingerprint density at radius 2 is 1.74 bits per heavy atom. The number of nitrogens with zero attached hydrogens (tertiary/aromatic N) is 1. The average molecular weight is 362 g/mol. The third-order valence-corrected chi connectivity index (χ3v) is 5.75. The van der Waals surface area contributed by atoms with Gasteiger partial charge >= 0.3 is 0 Å². The van der Waals surface area contributed by atoms with E-state index in [-0.39, 0.29) is 0 Å². The Morgan fingerprint density at radius 1 is 0.963 bits per heavy atom. The molecule has 1 aliphatic carbocycles. The van der Waals surface area contributed by atoms with Crippen LogP contribution in [0.2, 0.25) is 0 Å². The van der Waals surface area contributed by atoms with Crippen LogP contribution in [0.4, 0.5) is 0 Å². The van der Waals surface area contributed by atoms with E-state index in [0.29, 0.717) is 0 Å². The van der Waals surface area contributed by atoms with Gasteiger partial charge in [0.1, 0.15) is 11.4 Å². The standard InChI is InChI=1S/C25H31NO/c1-3-4-5-6-20-7-12-22(13-8-20)23-14-9-21(10-15-23)11-16-24-17-18-25(27-2)19-26-24/h9-10,14-15,17-20,22H,3-8,12-13H2,1-2H3. The van der Waals surface area contributed by atoms with Gasteiger partial charge in [0.05, 0.1) is 13.3 Å². The van der Waals surface area contributed by atoms with Crippen LogP contribution in [0.3, 0.4) is 0 Å². The lowest BCUT2D eigenvalue weighted by Crippen LogP contribution is -2.13. The van der Waals surface area contributed by atoms with Crippen LogP contribution in [0.1, 0.15) is 81.0 Å². The molecule has 0 radical (unpaired) electrons. The average Bonchev–Trinajstić information content (AvgIpc) is 2.74. The number of hydrogen-bond acceptors (Lipinski definition) is 2. The van der Waals surface area contributed by atoms with Crippen LogP contribution >= 0.6 is 0 Å². The molecular formula is C25H31NO. The van der Waals surface area contributed by atoms with E-state index in [0.717, 1.165) is 28.8 Å². The van der Waals surface area contributed by atoms with E-state index in [1.807, 2.05) is 12.1 Å². The highest BCUT2D eigenvalue weighted by atomic mass is 16.5. The first kappa shape index (κ1) is 19.5. The van der Waals surface area contributed by atoms with E-state index in [1.165, 1.54) is 56.9 Å². The molecule has 0 unspecified atom stereocenters. The highest BCUT2D eigenvalue weighted by Crippen LogP contribution is 2.37. The lowest BCUT2D eigenvalue weighted by atomic mass is 9.77. The molecule has 27 heavy (non-hydrogen) atoms. The van der Waals surface area contributed by atoms with Crippen LogP contribution in [-0.2, 0) is 0 Å². The first-order valence-corrected chi connectivity index (χ1v) is 10.4. The largest absolute Gasteiger partial charge is 0.495 e. The predicted molar refractivity (Wildman–Crippen MR) is 112 cm³/mol. The molecule has 1 heterocycles. The first-order chi connectivity index (χ1) is 13.3. The van der Waals surface area contributed by atoms with Crippen molar-refractivity contribution in [2.45, 2.75) is 64.2 Å². The van der Waals surface area contributed by atoms with Crippen molar-refractivity contribution in [3.05, 3.63) is 59.4 Å². The summed E-state index contributed by atoms with van der Waals surface area (Å²) in [4.78, 5) is 4.29. The molecule has 1 aromatic carbocycles. The second kappa shape index (κ2) is 10.2. The van der Waals surface area contributed by atoms with Gasteiger partial charge in [-0.25, -0.2) is 4.98 Å².